The van der Waals surface area contributed by atoms with Crippen LogP contribution in [0.15, 0.2) is 122 Å². The van der Waals surface area contributed by atoms with E-state index in [4.69, 9.17) is 14.2 Å². The fourth-order valence-corrected chi connectivity index (χ4v) is 9.37. The van der Waals surface area contributed by atoms with E-state index in [0.717, 1.165) is 122 Å². The molecule has 0 heterocycles. The van der Waals surface area contributed by atoms with E-state index in [1.165, 1.54) is 154 Å². The van der Waals surface area contributed by atoms with E-state index < -0.39 is 6.10 Å². The predicted octanol–water partition coefficient (Wildman–Crippen LogP) is 23.6. The van der Waals surface area contributed by atoms with Gasteiger partial charge in [-0.05, 0) is 116 Å². The molecule has 0 saturated heterocycles. The van der Waals surface area contributed by atoms with Crippen molar-refractivity contribution >= 4 is 17.9 Å². The van der Waals surface area contributed by atoms with Crippen molar-refractivity contribution in [2.45, 2.75) is 322 Å². The van der Waals surface area contributed by atoms with Gasteiger partial charge in [0.05, 0.1) is 0 Å². The number of rotatable bonds is 61. The minimum absolute atomic E-state index is 0.0814. The standard InChI is InChI=1S/C75H126O6/c1-4-7-10-13-16-18-20-22-24-26-28-30-31-32-33-34-35-36-37-38-39-40-41-42-43-45-46-48-50-52-54-56-59-62-65-68-74(77)80-71-72(70-79-73(76)67-64-61-58-15-12-9-6-3)81-75(78)69-66-63-60-57-55-53-51-49-47-44-29-27-25-23-21-19-17-14-11-8-5-2/h7,10,16,18,22,24,27-30,32-33,35-36,38-39,41-42,45-46,72H,4-6,8-9,11-15,17,19-21,23,25-26,31,34,37,40,43-44,47-71H2,1-3H3/b10-7-,18-16-,24-22-,29-27-,30-28-,33-32-,36-35-,39-38-,42-41-,46-45-. The minimum Gasteiger partial charge on any atom is -0.462 e. The first-order valence-corrected chi connectivity index (χ1v) is 34.0. The number of ether oxygens (including phenoxy) is 3. The predicted molar refractivity (Wildman–Crippen MR) is 353 cm³/mol. The first-order valence-electron chi connectivity index (χ1n) is 34.0. The summed E-state index contributed by atoms with van der Waals surface area (Å²) in [5.41, 5.74) is 0. The van der Waals surface area contributed by atoms with Crippen molar-refractivity contribution < 1.29 is 28.6 Å². The Bertz CT molecular complexity index is 1670. The molecular weight excluding hydrogens is 997 g/mol. The lowest BCUT2D eigenvalue weighted by molar-refractivity contribution is -0.167. The Hall–Kier alpha value is -4.19. The van der Waals surface area contributed by atoms with Crippen molar-refractivity contribution in [1.82, 2.24) is 0 Å². The molecular formula is C75H126O6. The molecule has 0 aliphatic rings. The fourth-order valence-electron chi connectivity index (χ4n) is 9.37. The third-order valence-corrected chi connectivity index (χ3v) is 14.5. The molecule has 0 saturated carbocycles. The van der Waals surface area contributed by atoms with E-state index in [1.54, 1.807) is 0 Å². The molecule has 0 spiro atoms. The van der Waals surface area contributed by atoms with Crippen molar-refractivity contribution in [3.63, 3.8) is 0 Å². The zero-order chi connectivity index (χ0) is 58.5. The van der Waals surface area contributed by atoms with Gasteiger partial charge >= 0.3 is 17.9 Å². The maximum absolute atomic E-state index is 12.9. The highest BCUT2D eigenvalue weighted by atomic mass is 16.6. The van der Waals surface area contributed by atoms with E-state index in [9.17, 15) is 14.4 Å². The Morgan fingerprint density at radius 3 is 0.765 bits per heavy atom. The van der Waals surface area contributed by atoms with Gasteiger partial charge in [0.1, 0.15) is 13.2 Å². The van der Waals surface area contributed by atoms with Crippen LogP contribution >= 0.6 is 0 Å². The summed E-state index contributed by atoms with van der Waals surface area (Å²) in [6, 6.07) is 0. The van der Waals surface area contributed by atoms with Gasteiger partial charge in [-0.3, -0.25) is 14.4 Å². The van der Waals surface area contributed by atoms with Gasteiger partial charge in [-0.2, -0.15) is 0 Å². The Balaban J connectivity index is 4.14. The Morgan fingerprint density at radius 2 is 0.481 bits per heavy atom. The largest absolute Gasteiger partial charge is 0.462 e. The normalized spacial score (nSPS) is 12.9. The van der Waals surface area contributed by atoms with Gasteiger partial charge in [-0.25, -0.2) is 0 Å². The lowest BCUT2D eigenvalue weighted by Gasteiger charge is -2.18. The maximum Gasteiger partial charge on any atom is 0.306 e. The molecule has 0 aliphatic heterocycles. The van der Waals surface area contributed by atoms with E-state index in [0.29, 0.717) is 19.3 Å². The third-order valence-electron chi connectivity index (χ3n) is 14.5. The fraction of sp³-hybridized carbons (Fsp3) is 0.693. The Labute approximate surface area is 501 Å². The second kappa shape index (κ2) is 68.3. The molecule has 81 heavy (non-hydrogen) atoms. The summed E-state index contributed by atoms with van der Waals surface area (Å²) in [5.74, 6) is -0.895. The van der Waals surface area contributed by atoms with Crippen molar-refractivity contribution in [1.29, 1.82) is 0 Å². The summed E-state index contributed by atoms with van der Waals surface area (Å²) in [7, 11) is 0. The highest BCUT2D eigenvalue weighted by Gasteiger charge is 2.19. The molecule has 6 nitrogen and oxygen atoms in total. The highest BCUT2D eigenvalue weighted by Crippen LogP contribution is 2.16. The van der Waals surface area contributed by atoms with E-state index >= 15 is 0 Å². The summed E-state index contributed by atoms with van der Waals surface area (Å²) >= 11 is 0. The van der Waals surface area contributed by atoms with Crippen LogP contribution < -0.4 is 0 Å². The van der Waals surface area contributed by atoms with Gasteiger partial charge in [0, 0.05) is 19.3 Å². The molecule has 0 bridgehead atoms. The van der Waals surface area contributed by atoms with Gasteiger partial charge in [0.25, 0.3) is 0 Å². The summed E-state index contributed by atoms with van der Waals surface area (Å²) in [5, 5.41) is 0. The first-order chi connectivity index (χ1) is 40.0. The summed E-state index contributed by atoms with van der Waals surface area (Å²) in [6.45, 7) is 6.49. The van der Waals surface area contributed by atoms with Crippen LogP contribution in [-0.2, 0) is 28.6 Å². The van der Waals surface area contributed by atoms with E-state index in [2.05, 4.69) is 142 Å². The van der Waals surface area contributed by atoms with Crippen molar-refractivity contribution in [3.05, 3.63) is 122 Å². The van der Waals surface area contributed by atoms with E-state index in [-0.39, 0.29) is 31.1 Å². The topological polar surface area (TPSA) is 78.9 Å². The minimum atomic E-state index is -0.783. The average molecular weight is 1120 g/mol. The van der Waals surface area contributed by atoms with Gasteiger partial charge in [0.15, 0.2) is 6.10 Å². The average Bonchev–Trinajstić information content (AvgIpc) is 3.47. The third kappa shape index (κ3) is 66.5. The summed E-state index contributed by atoms with van der Waals surface area (Å²) < 4.78 is 16.8. The molecule has 0 aromatic rings. The number of allylic oxidation sites excluding steroid dienone is 20. The van der Waals surface area contributed by atoms with Crippen LogP contribution in [0.1, 0.15) is 316 Å². The first kappa shape index (κ1) is 76.8. The monoisotopic (exact) mass is 1120 g/mol. The molecule has 0 aliphatic carbocycles. The number of carbonyl (C=O) groups excluding carboxylic acids is 3. The van der Waals surface area contributed by atoms with Crippen LogP contribution in [0.3, 0.4) is 0 Å². The summed E-state index contributed by atoms with van der Waals surface area (Å²) in [6.07, 6.45) is 95.3. The van der Waals surface area contributed by atoms with Crippen molar-refractivity contribution in [3.8, 4) is 0 Å². The van der Waals surface area contributed by atoms with Crippen molar-refractivity contribution in [2.75, 3.05) is 13.2 Å². The van der Waals surface area contributed by atoms with Gasteiger partial charge < -0.3 is 14.2 Å². The summed E-state index contributed by atoms with van der Waals surface area (Å²) in [4.78, 5) is 38.1. The zero-order valence-corrected chi connectivity index (χ0v) is 53.0. The van der Waals surface area contributed by atoms with Gasteiger partial charge in [-0.1, -0.05) is 303 Å². The molecule has 0 radical (unpaired) electrons. The van der Waals surface area contributed by atoms with Crippen LogP contribution in [0.25, 0.3) is 0 Å². The van der Waals surface area contributed by atoms with Crippen LogP contribution in [0.4, 0.5) is 0 Å². The lowest BCUT2D eigenvalue weighted by Crippen LogP contribution is -2.30. The molecule has 0 aromatic heterocycles. The SMILES string of the molecule is CC/C=C\C/C=C\C/C=C\C/C=C\C/C=C\C/C=C\C/C=C\C/C=C\C/C=C\CCCCCCCCCC(=O)OCC(COC(=O)CCCCCCCCC)OC(=O)CCCCCCCCCCC/C=C\CCCCCCCCCC. The van der Waals surface area contributed by atoms with E-state index in [1.807, 2.05) is 0 Å². The molecule has 0 aromatic carbocycles. The number of hydrogen-bond donors (Lipinski definition) is 0. The van der Waals surface area contributed by atoms with Gasteiger partial charge in [-0.15, -0.1) is 0 Å². The Morgan fingerprint density at radius 1 is 0.259 bits per heavy atom. The molecule has 0 amide bonds. The molecule has 6 heteroatoms. The second-order valence-corrected chi connectivity index (χ2v) is 22.4. The van der Waals surface area contributed by atoms with Crippen LogP contribution in [0.5, 0.6) is 0 Å². The smallest absolute Gasteiger partial charge is 0.306 e. The van der Waals surface area contributed by atoms with Crippen LogP contribution in [0.2, 0.25) is 0 Å². The molecule has 0 rings (SSSR count). The number of carbonyl (C=O) groups is 3. The molecule has 1 unspecified atom stereocenters. The molecule has 0 fully saturated rings. The lowest BCUT2D eigenvalue weighted by atomic mass is 10.1. The van der Waals surface area contributed by atoms with Crippen LogP contribution in [-0.4, -0.2) is 37.2 Å². The molecule has 0 N–H and O–H groups in total. The Kier molecular flexibility index (Phi) is 64.8. The molecule has 462 valence electrons. The quantitative estimate of drug-likeness (QED) is 0.0261. The number of unbranched alkanes of at least 4 members (excludes halogenated alkanes) is 30. The second-order valence-electron chi connectivity index (χ2n) is 22.4. The van der Waals surface area contributed by atoms with Gasteiger partial charge in [0.2, 0.25) is 0 Å². The highest BCUT2D eigenvalue weighted by molar-refractivity contribution is 5.71. The number of hydrogen-bond acceptors (Lipinski definition) is 6. The number of esters is 3. The van der Waals surface area contributed by atoms with Crippen molar-refractivity contribution in [2.24, 2.45) is 0 Å². The maximum atomic E-state index is 12.9. The zero-order valence-electron chi connectivity index (χ0n) is 53.0. The molecule has 1 atom stereocenters. The van der Waals surface area contributed by atoms with Crippen LogP contribution in [0, 0.1) is 0 Å².